The summed E-state index contributed by atoms with van der Waals surface area (Å²) < 4.78 is 11.2. The lowest BCUT2D eigenvalue weighted by Gasteiger charge is -2.37. The molecular weight excluding hydrogens is 316 g/mol. The highest BCUT2D eigenvalue weighted by Gasteiger charge is 2.34. The molecule has 23 heavy (non-hydrogen) atoms. The topological polar surface area (TPSA) is 77.5 Å². The van der Waals surface area contributed by atoms with Gasteiger partial charge in [-0.1, -0.05) is 18.2 Å². The second kappa shape index (κ2) is 6.64. The van der Waals surface area contributed by atoms with Crippen LogP contribution < -0.4 is 15.8 Å². The molecule has 1 aliphatic rings. The molecule has 5 nitrogen and oxygen atoms in total. The van der Waals surface area contributed by atoms with Gasteiger partial charge in [0, 0.05) is 12.0 Å². The zero-order chi connectivity index (χ0) is 15.7. The maximum absolute atomic E-state index is 12.4. The molecule has 0 bridgehead atoms. The van der Waals surface area contributed by atoms with Crippen molar-refractivity contribution in [2.24, 2.45) is 5.73 Å². The lowest BCUT2D eigenvalue weighted by atomic mass is 9.89. The smallest absolute Gasteiger partial charge is 0.255 e. The number of nitrogens with two attached hydrogens (primary N) is 1. The third-order valence-corrected chi connectivity index (χ3v) is 3.80. The van der Waals surface area contributed by atoms with Gasteiger partial charge in [0.05, 0.1) is 18.2 Å². The molecule has 0 aliphatic carbocycles. The van der Waals surface area contributed by atoms with E-state index in [2.05, 4.69) is 5.32 Å². The molecule has 6 heteroatoms. The molecule has 1 unspecified atom stereocenters. The van der Waals surface area contributed by atoms with Crippen molar-refractivity contribution >= 4 is 18.3 Å². The van der Waals surface area contributed by atoms with Crippen LogP contribution in [0, 0.1) is 0 Å². The molecule has 1 aromatic carbocycles. The summed E-state index contributed by atoms with van der Waals surface area (Å²) in [6.45, 7) is 4.32. The Labute approximate surface area is 141 Å². The summed E-state index contributed by atoms with van der Waals surface area (Å²) in [7, 11) is 0. The van der Waals surface area contributed by atoms with E-state index in [1.807, 2.05) is 38.1 Å². The van der Waals surface area contributed by atoms with Gasteiger partial charge in [-0.25, -0.2) is 0 Å². The van der Waals surface area contributed by atoms with Gasteiger partial charge in [0.25, 0.3) is 5.91 Å². The van der Waals surface area contributed by atoms with Gasteiger partial charge in [-0.2, -0.15) is 0 Å². The Hall–Kier alpha value is -1.98. The van der Waals surface area contributed by atoms with Crippen molar-refractivity contribution in [3.05, 3.63) is 53.5 Å². The second-order valence-electron chi connectivity index (χ2n) is 6.14. The number of hydrogen-bond acceptors (Lipinski definition) is 4. The van der Waals surface area contributed by atoms with Gasteiger partial charge in [0.15, 0.2) is 0 Å². The van der Waals surface area contributed by atoms with Gasteiger partial charge in [0.1, 0.15) is 23.4 Å². The first kappa shape index (κ1) is 17.4. The fourth-order valence-electron chi connectivity index (χ4n) is 2.78. The average molecular weight is 337 g/mol. The number of carbonyl (C=O) groups is 1. The molecule has 0 fully saturated rings. The van der Waals surface area contributed by atoms with E-state index in [1.165, 1.54) is 6.26 Å². The summed E-state index contributed by atoms with van der Waals surface area (Å²) in [4.78, 5) is 12.4. The molecule has 0 saturated heterocycles. The number of para-hydroxylation sites is 1. The van der Waals surface area contributed by atoms with E-state index < -0.39 is 0 Å². The summed E-state index contributed by atoms with van der Waals surface area (Å²) in [6, 6.07) is 9.37. The molecule has 2 heterocycles. The number of ether oxygens (including phenoxy) is 1. The largest absolute Gasteiger partial charge is 0.487 e. The number of hydrogen-bond donors (Lipinski definition) is 2. The van der Waals surface area contributed by atoms with Crippen molar-refractivity contribution in [1.29, 1.82) is 0 Å². The van der Waals surface area contributed by atoms with Gasteiger partial charge in [-0.05, 0) is 26.0 Å². The summed E-state index contributed by atoms with van der Waals surface area (Å²) in [5, 5.41) is 3.06. The fraction of sp³-hybridized carbons (Fsp3) is 0.353. The third kappa shape index (κ3) is 3.68. The first-order valence-corrected chi connectivity index (χ1v) is 7.35. The highest BCUT2D eigenvalue weighted by atomic mass is 35.5. The zero-order valence-electron chi connectivity index (χ0n) is 13.2. The predicted octanol–water partition coefficient (Wildman–Crippen LogP) is 3.19. The van der Waals surface area contributed by atoms with Crippen molar-refractivity contribution in [2.75, 3.05) is 0 Å². The van der Waals surface area contributed by atoms with Crippen LogP contribution in [0.5, 0.6) is 5.75 Å². The standard InChI is InChI=1S/C17H20N2O3.ClH/c1-17(2)8-14(13-5-3-4-6-15(13)22-17)19-16(20)11-7-12(9-18)21-10-11;/h3-7,10,14H,8-9,18H2,1-2H3,(H,19,20);1H. The van der Waals surface area contributed by atoms with Crippen LogP contribution in [-0.4, -0.2) is 11.5 Å². The van der Waals surface area contributed by atoms with Crippen molar-refractivity contribution in [3.63, 3.8) is 0 Å². The maximum atomic E-state index is 12.4. The lowest BCUT2D eigenvalue weighted by molar-refractivity contribution is 0.0619. The van der Waals surface area contributed by atoms with E-state index >= 15 is 0 Å². The van der Waals surface area contributed by atoms with Gasteiger partial charge in [-0.15, -0.1) is 12.4 Å². The molecule has 1 atom stereocenters. The Bertz CT molecular complexity index is 697. The molecule has 1 aliphatic heterocycles. The Morgan fingerprint density at radius 2 is 2.13 bits per heavy atom. The van der Waals surface area contributed by atoms with Crippen LogP contribution in [0.2, 0.25) is 0 Å². The Balaban J connectivity index is 0.00000192. The van der Waals surface area contributed by atoms with Crippen molar-refractivity contribution in [3.8, 4) is 5.75 Å². The quantitative estimate of drug-likeness (QED) is 0.902. The molecule has 1 aromatic heterocycles. The average Bonchev–Trinajstić information content (AvgIpc) is 2.95. The maximum Gasteiger partial charge on any atom is 0.255 e. The van der Waals surface area contributed by atoms with E-state index in [0.717, 1.165) is 11.3 Å². The first-order valence-electron chi connectivity index (χ1n) is 7.35. The Kier molecular flexibility index (Phi) is 5.02. The fourth-order valence-corrected chi connectivity index (χ4v) is 2.78. The third-order valence-electron chi connectivity index (χ3n) is 3.80. The van der Waals surface area contributed by atoms with Gasteiger partial charge in [0.2, 0.25) is 0 Å². The normalized spacial score (nSPS) is 18.3. The molecule has 0 saturated carbocycles. The molecule has 3 N–H and O–H groups in total. The second-order valence-corrected chi connectivity index (χ2v) is 6.14. The molecular formula is C17H21ClN2O3. The van der Waals surface area contributed by atoms with Crippen molar-refractivity contribution in [2.45, 2.75) is 38.5 Å². The van der Waals surface area contributed by atoms with Crippen LogP contribution in [0.3, 0.4) is 0 Å². The van der Waals surface area contributed by atoms with E-state index in [9.17, 15) is 4.79 Å². The van der Waals surface area contributed by atoms with Gasteiger partial charge < -0.3 is 20.2 Å². The summed E-state index contributed by atoms with van der Waals surface area (Å²) in [6.07, 6.45) is 2.14. The lowest BCUT2D eigenvalue weighted by Crippen LogP contribution is -2.41. The number of nitrogens with one attached hydrogen (secondary N) is 1. The number of furan rings is 1. The van der Waals surface area contributed by atoms with Crippen molar-refractivity contribution < 1.29 is 13.9 Å². The van der Waals surface area contributed by atoms with Crippen molar-refractivity contribution in [1.82, 2.24) is 5.32 Å². The number of carbonyl (C=O) groups excluding carboxylic acids is 1. The highest BCUT2D eigenvalue weighted by Crippen LogP contribution is 2.39. The molecule has 0 radical (unpaired) electrons. The molecule has 0 spiro atoms. The SMILES string of the molecule is CC1(C)CC(NC(=O)c2coc(CN)c2)c2ccccc2O1.Cl. The minimum Gasteiger partial charge on any atom is -0.487 e. The van der Waals surface area contributed by atoms with E-state index in [-0.39, 0.29) is 36.5 Å². The number of fused-ring (bicyclic) bond motifs is 1. The summed E-state index contributed by atoms with van der Waals surface area (Å²) in [5.74, 6) is 1.25. The monoisotopic (exact) mass is 336 g/mol. The first-order chi connectivity index (χ1) is 10.5. The predicted molar refractivity (Wildman–Crippen MR) is 89.8 cm³/mol. The van der Waals surface area contributed by atoms with E-state index in [0.29, 0.717) is 17.7 Å². The minimum absolute atomic E-state index is 0. The summed E-state index contributed by atoms with van der Waals surface area (Å²) >= 11 is 0. The summed E-state index contributed by atoms with van der Waals surface area (Å²) in [5.41, 5.74) is 6.66. The van der Waals surface area contributed by atoms with Crippen LogP contribution in [0.15, 0.2) is 41.0 Å². The molecule has 1 amide bonds. The minimum atomic E-state index is -0.328. The number of benzene rings is 1. The van der Waals surface area contributed by atoms with Crippen LogP contribution >= 0.6 is 12.4 Å². The molecule has 3 rings (SSSR count). The van der Waals surface area contributed by atoms with Crippen LogP contribution in [0.25, 0.3) is 0 Å². The van der Waals surface area contributed by atoms with E-state index in [4.69, 9.17) is 14.9 Å². The number of halogens is 1. The Morgan fingerprint density at radius 1 is 1.39 bits per heavy atom. The van der Waals surface area contributed by atoms with Gasteiger partial charge in [-0.3, -0.25) is 4.79 Å². The molecule has 2 aromatic rings. The zero-order valence-corrected chi connectivity index (χ0v) is 14.0. The van der Waals surface area contributed by atoms with Crippen LogP contribution in [0.4, 0.5) is 0 Å². The Morgan fingerprint density at radius 3 is 2.83 bits per heavy atom. The highest BCUT2D eigenvalue weighted by molar-refractivity contribution is 5.94. The van der Waals surface area contributed by atoms with Crippen LogP contribution in [-0.2, 0) is 6.54 Å². The van der Waals surface area contributed by atoms with Gasteiger partial charge >= 0.3 is 0 Å². The molecule has 124 valence electrons. The number of amides is 1. The number of rotatable bonds is 3. The van der Waals surface area contributed by atoms with E-state index in [1.54, 1.807) is 6.07 Å². The van der Waals surface area contributed by atoms with Crippen LogP contribution in [0.1, 0.15) is 48.0 Å².